The highest BCUT2D eigenvalue weighted by molar-refractivity contribution is 6.06. The zero-order valence-corrected chi connectivity index (χ0v) is 19.4. The number of aliphatic hydroxyl groups is 1. The highest BCUT2D eigenvalue weighted by Crippen LogP contribution is 2.36. The third-order valence-electron chi connectivity index (χ3n) is 5.55. The molecular formula is C25H26FN5O4. The standard InChI is InChI=1S/C25H26FN5O4/c1-3-35-24(34)16-10-12-17(13-11-16)28-23(33)21-15(2)27-25-29-20(9-6-14-32)30-31(25)22(21)18-7-4-5-8-19(18)26/h4-5,7-8,10-13,22,32H,3,6,9,14H2,1-2H3,(H,28,33)(H,27,29,30). The summed E-state index contributed by atoms with van der Waals surface area (Å²) in [4.78, 5) is 29.8. The van der Waals surface area contributed by atoms with Crippen molar-refractivity contribution in [2.24, 2.45) is 0 Å². The lowest BCUT2D eigenvalue weighted by atomic mass is 9.94. The van der Waals surface area contributed by atoms with Crippen LogP contribution in [0.5, 0.6) is 0 Å². The van der Waals surface area contributed by atoms with E-state index >= 15 is 0 Å². The molecule has 1 aromatic heterocycles. The largest absolute Gasteiger partial charge is 0.462 e. The lowest BCUT2D eigenvalue weighted by Crippen LogP contribution is -2.32. The van der Waals surface area contributed by atoms with E-state index < -0.39 is 23.7 Å². The van der Waals surface area contributed by atoms with Crippen LogP contribution in [-0.4, -0.2) is 45.0 Å². The van der Waals surface area contributed by atoms with Crippen LogP contribution in [0.25, 0.3) is 0 Å². The van der Waals surface area contributed by atoms with Gasteiger partial charge >= 0.3 is 5.97 Å². The second-order valence-corrected chi connectivity index (χ2v) is 7.96. The van der Waals surface area contributed by atoms with Crippen molar-refractivity contribution in [1.29, 1.82) is 0 Å². The number of benzene rings is 2. The fourth-order valence-electron chi connectivity index (χ4n) is 3.92. The van der Waals surface area contributed by atoms with Gasteiger partial charge in [-0.2, -0.15) is 10.1 Å². The van der Waals surface area contributed by atoms with Crippen LogP contribution in [0, 0.1) is 5.82 Å². The average molecular weight is 480 g/mol. The van der Waals surface area contributed by atoms with Gasteiger partial charge in [0.1, 0.15) is 11.9 Å². The number of hydrogen-bond donors (Lipinski definition) is 3. The van der Waals surface area contributed by atoms with Crippen LogP contribution in [-0.2, 0) is 16.0 Å². The molecule has 3 N–H and O–H groups in total. The highest BCUT2D eigenvalue weighted by Gasteiger charge is 2.35. The fraction of sp³-hybridized carbons (Fsp3) is 0.280. The topological polar surface area (TPSA) is 118 Å². The van der Waals surface area contributed by atoms with Crippen molar-refractivity contribution in [1.82, 2.24) is 14.8 Å². The zero-order valence-electron chi connectivity index (χ0n) is 19.4. The molecule has 1 amide bonds. The zero-order chi connectivity index (χ0) is 24.9. The van der Waals surface area contributed by atoms with Crippen molar-refractivity contribution < 1.29 is 23.8 Å². The maximum atomic E-state index is 14.9. The van der Waals surface area contributed by atoms with E-state index in [1.807, 2.05) is 0 Å². The molecular weight excluding hydrogens is 453 g/mol. The summed E-state index contributed by atoms with van der Waals surface area (Å²) in [7, 11) is 0. The van der Waals surface area contributed by atoms with E-state index in [9.17, 15) is 14.0 Å². The number of anilines is 2. The van der Waals surface area contributed by atoms with Crippen LogP contribution >= 0.6 is 0 Å². The van der Waals surface area contributed by atoms with Crippen molar-refractivity contribution in [3.63, 3.8) is 0 Å². The van der Waals surface area contributed by atoms with Gasteiger partial charge in [-0.3, -0.25) is 4.79 Å². The molecule has 1 aliphatic rings. The predicted octanol–water partition coefficient (Wildman–Crippen LogP) is 3.45. The summed E-state index contributed by atoms with van der Waals surface area (Å²) >= 11 is 0. The number of aliphatic hydroxyl groups excluding tert-OH is 1. The molecule has 0 saturated heterocycles. The Morgan fingerprint density at radius 3 is 2.63 bits per heavy atom. The highest BCUT2D eigenvalue weighted by atomic mass is 19.1. The number of fused-ring (bicyclic) bond motifs is 1. The lowest BCUT2D eigenvalue weighted by Gasteiger charge is -2.29. The smallest absolute Gasteiger partial charge is 0.338 e. The van der Waals surface area contributed by atoms with Crippen molar-refractivity contribution in [3.05, 3.63) is 82.6 Å². The summed E-state index contributed by atoms with van der Waals surface area (Å²) in [6.07, 6.45) is 0.922. The monoisotopic (exact) mass is 479 g/mol. The number of esters is 1. The first-order valence-corrected chi connectivity index (χ1v) is 11.3. The van der Waals surface area contributed by atoms with Crippen LogP contribution in [0.2, 0.25) is 0 Å². The van der Waals surface area contributed by atoms with Gasteiger partial charge < -0.3 is 20.5 Å². The molecule has 0 radical (unpaired) electrons. The van der Waals surface area contributed by atoms with Crippen LogP contribution in [0.1, 0.15) is 48.1 Å². The molecule has 0 saturated carbocycles. The maximum Gasteiger partial charge on any atom is 0.338 e. The molecule has 0 bridgehead atoms. The second kappa shape index (κ2) is 10.5. The number of aryl methyl sites for hydroxylation is 1. The van der Waals surface area contributed by atoms with Crippen molar-refractivity contribution in [3.8, 4) is 0 Å². The number of nitrogens with zero attached hydrogens (tertiary/aromatic N) is 3. The minimum atomic E-state index is -0.860. The minimum Gasteiger partial charge on any atom is -0.462 e. The van der Waals surface area contributed by atoms with E-state index in [-0.39, 0.29) is 24.4 Å². The molecule has 2 heterocycles. The van der Waals surface area contributed by atoms with Crippen LogP contribution in [0.4, 0.5) is 16.0 Å². The summed E-state index contributed by atoms with van der Waals surface area (Å²) in [5, 5.41) is 19.6. The van der Waals surface area contributed by atoms with Crippen molar-refractivity contribution >= 4 is 23.5 Å². The Morgan fingerprint density at radius 1 is 1.20 bits per heavy atom. The first kappa shape index (κ1) is 24.1. The Bertz CT molecular complexity index is 1270. The number of rotatable bonds is 8. The molecule has 10 heteroatoms. The number of carbonyl (C=O) groups excluding carboxylic acids is 2. The first-order valence-electron chi connectivity index (χ1n) is 11.3. The van der Waals surface area contributed by atoms with Gasteiger partial charge in [0.15, 0.2) is 5.82 Å². The van der Waals surface area contributed by atoms with Crippen molar-refractivity contribution in [2.75, 3.05) is 23.8 Å². The molecule has 2 aromatic carbocycles. The SMILES string of the molecule is CCOC(=O)c1ccc(NC(=O)C2=C(C)Nc3nc(CCCO)nn3C2c2ccccc2F)cc1. The Balaban J connectivity index is 1.68. The Labute approximate surface area is 201 Å². The number of ether oxygens (including phenoxy) is 1. The van der Waals surface area contributed by atoms with Gasteiger partial charge in [-0.05, 0) is 50.6 Å². The predicted molar refractivity (Wildman–Crippen MR) is 127 cm³/mol. The Hall–Kier alpha value is -4.05. The molecule has 4 rings (SSSR count). The number of nitrogens with one attached hydrogen (secondary N) is 2. The molecule has 9 nitrogen and oxygen atoms in total. The summed E-state index contributed by atoms with van der Waals surface area (Å²) < 4.78 is 21.4. The molecule has 182 valence electrons. The Morgan fingerprint density at radius 2 is 1.94 bits per heavy atom. The van der Waals surface area contributed by atoms with Gasteiger partial charge in [-0.15, -0.1) is 0 Å². The number of halogens is 1. The molecule has 3 aromatic rings. The van der Waals surface area contributed by atoms with Gasteiger partial charge in [0, 0.05) is 30.0 Å². The first-order chi connectivity index (χ1) is 16.9. The minimum absolute atomic E-state index is 0.00602. The van der Waals surface area contributed by atoms with Crippen molar-refractivity contribution in [2.45, 2.75) is 32.7 Å². The fourth-order valence-corrected chi connectivity index (χ4v) is 3.92. The quantitative estimate of drug-likeness (QED) is 0.424. The molecule has 1 unspecified atom stereocenters. The molecule has 0 aliphatic carbocycles. The van der Waals surface area contributed by atoms with Gasteiger partial charge in [0.2, 0.25) is 5.95 Å². The number of allylic oxidation sites excluding steroid dienone is 1. The lowest BCUT2D eigenvalue weighted by molar-refractivity contribution is -0.113. The van der Waals surface area contributed by atoms with Gasteiger partial charge in [0.25, 0.3) is 5.91 Å². The number of carbonyl (C=O) groups is 2. The van der Waals surface area contributed by atoms with E-state index in [1.54, 1.807) is 56.3 Å². The number of hydrogen-bond acceptors (Lipinski definition) is 7. The van der Waals surface area contributed by atoms with Gasteiger partial charge in [-0.1, -0.05) is 18.2 Å². The average Bonchev–Trinajstić information content (AvgIpc) is 3.25. The third-order valence-corrected chi connectivity index (χ3v) is 5.55. The summed E-state index contributed by atoms with van der Waals surface area (Å²) in [5.74, 6) is -0.512. The summed E-state index contributed by atoms with van der Waals surface area (Å²) in [6, 6.07) is 11.7. The molecule has 0 fully saturated rings. The summed E-state index contributed by atoms with van der Waals surface area (Å²) in [5.41, 5.74) is 1.88. The summed E-state index contributed by atoms with van der Waals surface area (Å²) in [6.45, 7) is 3.70. The van der Waals surface area contributed by atoms with Crippen LogP contribution in [0.15, 0.2) is 59.8 Å². The van der Waals surface area contributed by atoms with E-state index in [4.69, 9.17) is 9.84 Å². The van der Waals surface area contributed by atoms with Crippen LogP contribution in [0.3, 0.4) is 0 Å². The van der Waals surface area contributed by atoms with Crippen LogP contribution < -0.4 is 10.6 Å². The molecule has 1 atom stereocenters. The number of amides is 1. The second-order valence-electron chi connectivity index (χ2n) is 7.96. The van der Waals surface area contributed by atoms with E-state index in [0.29, 0.717) is 41.6 Å². The molecule has 0 spiro atoms. The van der Waals surface area contributed by atoms with E-state index in [0.717, 1.165) is 0 Å². The Kier molecular flexibility index (Phi) is 7.21. The van der Waals surface area contributed by atoms with E-state index in [2.05, 4.69) is 20.7 Å². The number of aromatic nitrogens is 3. The molecule has 1 aliphatic heterocycles. The maximum absolute atomic E-state index is 14.9. The van der Waals surface area contributed by atoms with Gasteiger partial charge in [-0.25, -0.2) is 13.9 Å². The van der Waals surface area contributed by atoms with E-state index in [1.165, 1.54) is 10.7 Å². The molecule has 35 heavy (non-hydrogen) atoms. The third kappa shape index (κ3) is 5.07. The van der Waals surface area contributed by atoms with Gasteiger partial charge in [0.05, 0.1) is 17.7 Å². The normalized spacial score (nSPS) is 14.8.